The van der Waals surface area contributed by atoms with Gasteiger partial charge >= 0.3 is 0 Å². The lowest BCUT2D eigenvalue weighted by molar-refractivity contribution is 0.0626. The van der Waals surface area contributed by atoms with E-state index >= 15 is 0 Å². The van der Waals surface area contributed by atoms with Gasteiger partial charge in [-0.3, -0.25) is 0 Å². The first-order valence-corrected chi connectivity index (χ1v) is 6.40. The van der Waals surface area contributed by atoms with Gasteiger partial charge in [0.25, 0.3) is 0 Å². The van der Waals surface area contributed by atoms with Crippen LogP contribution >= 0.6 is 22.6 Å². The van der Waals surface area contributed by atoms with Gasteiger partial charge in [-0.2, -0.15) is 0 Å². The Bertz CT molecular complexity index is 544. The molecule has 0 atom stereocenters. The van der Waals surface area contributed by atoms with Crippen LogP contribution in [0.3, 0.4) is 0 Å². The van der Waals surface area contributed by atoms with E-state index in [1.54, 1.807) is 13.8 Å². The van der Waals surface area contributed by atoms with Crippen molar-refractivity contribution in [3.63, 3.8) is 0 Å². The maximum absolute atomic E-state index is 9.88. The van der Waals surface area contributed by atoms with Crippen LogP contribution in [0, 0.1) is 3.57 Å². The zero-order valence-electron chi connectivity index (χ0n) is 10.0. The highest BCUT2D eigenvalue weighted by atomic mass is 127. The van der Waals surface area contributed by atoms with E-state index in [1.165, 1.54) is 6.33 Å². The van der Waals surface area contributed by atoms with E-state index in [9.17, 15) is 5.11 Å². The van der Waals surface area contributed by atoms with Crippen LogP contribution in [0.15, 0.2) is 12.5 Å². The van der Waals surface area contributed by atoms with E-state index in [4.69, 9.17) is 0 Å². The molecule has 0 fully saturated rings. The number of rotatable bonds is 3. The van der Waals surface area contributed by atoms with Gasteiger partial charge in [0.15, 0.2) is 0 Å². The van der Waals surface area contributed by atoms with Gasteiger partial charge in [0.2, 0.25) is 0 Å². The van der Waals surface area contributed by atoms with Crippen molar-refractivity contribution in [2.75, 3.05) is 12.4 Å². The van der Waals surface area contributed by atoms with Gasteiger partial charge < -0.3 is 15.0 Å². The fourth-order valence-electron chi connectivity index (χ4n) is 1.80. The topological polar surface area (TPSA) is 63.0 Å². The Morgan fingerprint density at radius 2 is 2.18 bits per heavy atom. The van der Waals surface area contributed by atoms with Crippen molar-refractivity contribution >= 4 is 39.4 Å². The molecule has 2 aromatic rings. The molecule has 0 radical (unpaired) electrons. The molecule has 5 nitrogen and oxygen atoms in total. The molecule has 92 valence electrons. The highest BCUT2D eigenvalue weighted by Gasteiger charge is 2.18. The minimum absolute atomic E-state index is 0.507. The molecule has 0 aliphatic carbocycles. The highest BCUT2D eigenvalue weighted by Crippen LogP contribution is 2.27. The van der Waals surface area contributed by atoms with Gasteiger partial charge in [-0.25, -0.2) is 9.97 Å². The molecule has 2 heterocycles. The third-order valence-electron chi connectivity index (χ3n) is 2.40. The van der Waals surface area contributed by atoms with Crippen molar-refractivity contribution in [3.05, 3.63) is 16.1 Å². The van der Waals surface area contributed by atoms with E-state index in [0.29, 0.717) is 6.54 Å². The molecule has 0 aromatic carbocycles. The number of fused-ring (bicyclic) bond motifs is 1. The lowest BCUT2D eigenvalue weighted by atomic mass is 10.1. The number of nitrogens with one attached hydrogen (secondary N) is 1. The van der Waals surface area contributed by atoms with Crippen LogP contribution in [0.4, 0.5) is 5.82 Å². The molecular weight excluding hydrogens is 331 g/mol. The lowest BCUT2D eigenvalue weighted by Gasteiger charge is -2.18. The summed E-state index contributed by atoms with van der Waals surface area (Å²) < 4.78 is 3.03. The third kappa shape index (κ3) is 2.52. The van der Waals surface area contributed by atoms with Crippen LogP contribution in [0.5, 0.6) is 0 Å². The molecule has 0 unspecified atom stereocenters. The van der Waals surface area contributed by atoms with E-state index in [1.807, 2.05) is 17.8 Å². The summed E-state index contributed by atoms with van der Waals surface area (Å²) in [6.45, 7) is 4.07. The lowest BCUT2D eigenvalue weighted by Crippen LogP contribution is -2.25. The standard InChI is InChI=1S/C11H15IN4O/c1-11(2,17)5-16-4-7(12)8-9(13-3)14-6-15-10(8)16/h4,6,17H,5H2,1-3H3,(H,13,14,15). The summed E-state index contributed by atoms with van der Waals surface area (Å²) in [6, 6.07) is 0. The molecule has 0 spiro atoms. The monoisotopic (exact) mass is 346 g/mol. The predicted molar refractivity (Wildman–Crippen MR) is 76.1 cm³/mol. The Labute approximate surface area is 113 Å². The van der Waals surface area contributed by atoms with Crippen molar-refractivity contribution in [3.8, 4) is 0 Å². The molecule has 0 saturated heterocycles. The molecule has 6 heteroatoms. The van der Waals surface area contributed by atoms with Gasteiger partial charge in [-0.15, -0.1) is 0 Å². The molecule has 17 heavy (non-hydrogen) atoms. The summed E-state index contributed by atoms with van der Waals surface area (Å²) in [5, 5.41) is 13.9. The van der Waals surface area contributed by atoms with Gasteiger partial charge in [-0.1, -0.05) is 0 Å². The SMILES string of the molecule is CNc1ncnc2c1c(I)cn2CC(C)(C)O. The van der Waals surface area contributed by atoms with Crippen LogP contribution in [0.2, 0.25) is 0 Å². The molecule has 2 aromatic heterocycles. The van der Waals surface area contributed by atoms with Gasteiger partial charge in [-0.05, 0) is 36.4 Å². The first-order chi connectivity index (χ1) is 7.92. The third-order valence-corrected chi connectivity index (χ3v) is 3.22. The summed E-state index contributed by atoms with van der Waals surface area (Å²) >= 11 is 2.26. The summed E-state index contributed by atoms with van der Waals surface area (Å²) in [5.41, 5.74) is 0.0793. The fraction of sp³-hybridized carbons (Fsp3) is 0.455. The van der Waals surface area contributed by atoms with Gasteiger partial charge in [0.1, 0.15) is 17.8 Å². The number of hydrogen-bond acceptors (Lipinski definition) is 4. The number of aliphatic hydroxyl groups is 1. The average molecular weight is 346 g/mol. The van der Waals surface area contributed by atoms with Crippen molar-refractivity contribution in [1.29, 1.82) is 0 Å². The first-order valence-electron chi connectivity index (χ1n) is 5.32. The zero-order valence-corrected chi connectivity index (χ0v) is 12.2. The predicted octanol–water partition coefficient (Wildman–Crippen LogP) is 1.85. The Morgan fingerprint density at radius 3 is 2.76 bits per heavy atom. The normalized spacial score (nSPS) is 12.1. The smallest absolute Gasteiger partial charge is 0.146 e. The van der Waals surface area contributed by atoms with E-state index < -0.39 is 5.60 Å². The molecule has 2 N–H and O–H groups in total. The Hall–Kier alpha value is -0.890. The summed E-state index contributed by atoms with van der Waals surface area (Å²) in [6.07, 6.45) is 3.52. The Balaban J connectivity index is 2.60. The van der Waals surface area contributed by atoms with Crippen molar-refractivity contribution in [2.45, 2.75) is 26.0 Å². The molecular formula is C11H15IN4O. The largest absolute Gasteiger partial charge is 0.389 e. The molecule has 0 bridgehead atoms. The van der Waals surface area contributed by atoms with Crippen molar-refractivity contribution in [2.24, 2.45) is 0 Å². The van der Waals surface area contributed by atoms with Crippen LogP contribution in [-0.4, -0.2) is 32.3 Å². The van der Waals surface area contributed by atoms with Crippen LogP contribution in [0.25, 0.3) is 11.0 Å². The number of halogens is 1. The number of aromatic nitrogens is 3. The van der Waals surface area contributed by atoms with E-state index in [2.05, 4.69) is 37.9 Å². The second kappa shape index (κ2) is 4.41. The zero-order chi connectivity index (χ0) is 12.6. The van der Waals surface area contributed by atoms with Gasteiger partial charge in [0.05, 0.1) is 17.5 Å². The minimum Gasteiger partial charge on any atom is -0.389 e. The Kier molecular flexibility index (Phi) is 3.26. The molecule has 2 rings (SSSR count). The minimum atomic E-state index is -0.764. The van der Waals surface area contributed by atoms with E-state index in [-0.39, 0.29) is 0 Å². The first kappa shape index (κ1) is 12.6. The molecule has 0 saturated carbocycles. The molecule has 0 aliphatic heterocycles. The number of hydrogen-bond donors (Lipinski definition) is 2. The quantitative estimate of drug-likeness (QED) is 0.833. The molecule has 0 amide bonds. The van der Waals surface area contributed by atoms with E-state index in [0.717, 1.165) is 20.4 Å². The van der Waals surface area contributed by atoms with Crippen molar-refractivity contribution in [1.82, 2.24) is 14.5 Å². The van der Waals surface area contributed by atoms with Crippen LogP contribution in [0.1, 0.15) is 13.8 Å². The van der Waals surface area contributed by atoms with Crippen molar-refractivity contribution < 1.29 is 5.11 Å². The molecule has 0 aliphatic rings. The number of anilines is 1. The summed E-state index contributed by atoms with van der Waals surface area (Å²) in [4.78, 5) is 8.48. The summed E-state index contributed by atoms with van der Waals surface area (Å²) in [7, 11) is 1.84. The average Bonchev–Trinajstić information content (AvgIpc) is 2.53. The second-order valence-corrected chi connectivity index (χ2v) is 5.75. The maximum Gasteiger partial charge on any atom is 0.146 e. The Morgan fingerprint density at radius 1 is 1.47 bits per heavy atom. The summed E-state index contributed by atoms with van der Waals surface area (Å²) in [5.74, 6) is 0.814. The van der Waals surface area contributed by atoms with Crippen LogP contribution in [-0.2, 0) is 6.54 Å². The number of nitrogens with zero attached hydrogens (tertiary/aromatic N) is 3. The maximum atomic E-state index is 9.88. The second-order valence-electron chi connectivity index (χ2n) is 4.59. The van der Waals surface area contributed by atoms with Crippen LogP contribution < -0.4 is 5.32 Å². The fourth-order valence-corrected chi connectivity index (χ4v) is 2.64. The highest BCUT2D eigenvalue weighted by molar-refractivity contribution is 14.1. The van der Waals surface area contributed by atoms with Gasteiger partial charge in [0, 0.05) is 16.8 Å².